The summed E-state index contributed by atoms with van der Waals surface area (Å²) in [5.74, 6) is 0.825. The second kappa shape index (κ2) is 7.59. The van der Waals surface area contributed by atoms with Gasteiger partial charge in [-0.05, 0) is 28.7 Å². The molecule has 0 amide bonds. The number of nitrogens with one attached hydrogen (secondary N) is 1. The molecule has 0 saturated carbocycles. The maximum atomic E-state index is 10.3. The number of ether oxygens (including phenoxy) is 1. The Morgan fingerprint density at radius 2 is 1.72 bits per heavy atom. The van der Waals surface area contributed by atoms with Gasteiger partial charge in [-0.1, -0.05) is 57.2 Å². The molecule has 1 aliphatic rings. The highest BCUT2D eigenvalue weighted by molar-refractivity contribution is 5.31. The topological polar surface area (TPSA) is 33.9 Å². The second-order valence-electron chi connectivity index (χ2n) is 8.14. The first kappa shape index (κ1) is 18.0. The first-order valence-corrected chi connectivity index (χ1v) is 9.23. The van der Waals surface area contributed by atoms with Crippen LogP contribution in [0.25, 0.3) is 0 Å². The van der Waals surface area contributed by atoms with E-state index in [2.05, 4.69) is 57.2 Å². The lowest BCUT2D eigenvalue weighted by Crippen LogP contribution is -3.13. The van der Waals surface area contributed by atoms with E-state index in [0.29, 0.717) is 6.61 Å². The monoisotopic (exact) mass is 340 g/mol. The third-order valence-corrected chi connectivity index (χ3v) is 4.99. The third kappa shape index (κ3) is 4.83. The number of aliphatic hydroxyl groups excluding tert-OH is 1. The lowest BCUT2D eigenvalue weighted by molar-refractivity contribution is -0.918. The fourth-order valence-corrected chi connectivity index (χ4v) is 3.45. The molecule has 2 aromatic carbocycles. The molecule has 0 fully saturated rings. The van der Waals surface area contributed by atoms with Crippen LogP contribution in [0.5, 0.6) is 5.75 Å². The first-order valence-electron chi connectivity index (χ1n) is 9.23. The molecule has 3 heteroatoms. The highest BCUT2D eigenvalue weighted by Crippen LogP contribution is 2.24. The van der Waals surface area contributed by atoms with E-state index in [1.165, 1.54) is 21.6 Å². The van der Waals surface area contributed by atoms with Gasteiger partial charge in [-0.15, -0.1) is 0 Å². The summed E-state index contributed by atoms with van der Waals surface area (Å²) in [6.45, 7) is 9.75. The molecule has 1 aliphatic heterocycles. The summed E-state index contributed by atoms with van der Waals surface area (Å²) in [4.78, 5) is 1.43. The van der Waals surface area contributed by atoms with E-state index in [1.54, 1.807) is 0 Å². The maximum Gasteiger partial charge on any atom is 0.137 e. The zero-order valence-electron chi connectivity index (χ0n) is 15.6. The van der Waals surface area contributed by atoms with Crippen molar-refractivity contribution in [1.29, 1.82) is 0 Å². The minimum atomic E-state index is -0.442. The van der Waals surface area contributed by atoms with Crippen LogP contribution in [-0.2, 0) is 18.4 Å². The van der Waals surface area contributed by atoms with Crippen molar-refractivity contribution >= 4 is 0 Å². The van der Waals surface area contributed by atoms with Gasteiger partial charge in [0.2, 0.25) is 0 Å². The molecule has 0 spiro atoms. The average Bonchev–Trinajstić information content (AvgIpc) is 2.59. The highest BCUT2D eigenvalue weighted by atomic mass is 16.5. The van der Waals surface area contributed by atoms with Crippen molar-refractivity contribution in [2.75, 3.05) is 19.7 Å². The van der Waals surface area contributed by atoms with Crippen molar-refractivity contribution in [2.24, 2.45) is 0 Å². The molecule has 2 aromatic rings. The van der Waals surface area contributed by atoms with Gasteiger partial charge in [-0.2, -0.15) is 0 Å². The van der Waals surface area contributed by atoms with Crippen molar-refractivity contribution in [1.82, 2.24) is 0 Å². The van der Waals surface area contributed by atoms with Gasteiger partial charge >= 0.3 is 0 Å². The predicted octanol–water partition coefficient (Wildman–Crippen LogP) is 2.37. The molecule has 3 rings (SSSR count). The zero-order valence-corrected chi connectivity index (χ0v) is 15.6. The Bertz CT molecular complexity index is 688. The third-order valence-electron chi connectivity index (χ3n) is 4.99. The summed E-state index contributed by atoms with van der Waals surface area (Å²) in [5.41, 5.74) is 4.30. The van der Waals surface area contributed by atoms with Crippen molar-refractivity contribution in [3.8, 4) is 5.75 Å². The van der Waals surface area contributed by atoms with Crippen molar-refractivity contribution in [3.05, 3.63) is 65.2 Å². The fourth-order valence-electron chi connectivity index (χ4n) is 3.45. The van der Waals surface area contributed by atoms with Crippen LogP contribution in [-0.4, -0.2) is 30.9 Å². The molecule has 0 saturated heterocycles. The molecule has 134 valence electrons. The molecule has 0 bridgehead atoms. The summed E-state index contributed by atoms with van der Waals surface area (Å²) in [6.07, 6.45) is 0.649. The summed E-state index contributed by atoms with van der Waals surface area (Å²) in [6, 6.07) is 16.8. The SMILES string of the molecule is CC(C)(C)c1ccc(OC[C@H](O)C[NH+]2CCc3ccccc3C2)cc1. The number of hydrogen-bond donors (Lipinski definition) is 2. The summed E-state index contributed by atoms with van der Waals surface area (Å²) >= 11 is 0. The van der Waals surface area contributed by atoms with E-state index >= 15 is 0 Å². The molecule has 2 N–H and O–H groups in total. The molecule has 1 unspecified atom stereocenters. The van der Waals surface area contributed by atoms with Crippen LogP contribution >= 0.6 is 0 Å². The number of aliphatic hydroxyl groups is 1. The lowest BCUT2D eigenvalue weighted by Gasteiger charge is -2.27. The lowest BCUT2D eigenvalue weighted by atomic mass is 9.87. The van der Waals surface area contributed by atoms with E-state index in [4.69, 9.17) is 4.74 Å². The van der Waals surface area contributed by atoms with Gasteiger partial charge in [0.15, 0.2) is 0 Å². The Morgan fingerprint density at radius 3 is 2.40 bits per heavy atom. The van der Waals surface area contributed by atoms with E-state index in [0.717, 1.165) is 31.8 Å². The number of benzene rings is 2. The maximum absolute atomic E-state index is 10.3. The summed E-state index contributed by atoms with van der Waals surface area (Å²) in [5, 5.41) is 10.3. The van der Waals surface area contributed by atoms with Gasteiger partial charge in [-0.25, -0.2) is 0 Å². The Balaban J connectivity index is 1.48. The first-order chi connectivity index (χ1) is 11.9. The molecular formula is C22H30NO2+. The van der Waals surface area contributed by atoms with Crippen LogP contribution in [0.1, 0.15) is 37.5 Å². The van der Waals surface area contributed by atoms with Gasteiger partial charge in [0.1, 0.15) is 31.5 Å². The molecular weight excluding hydrogens is 310 g/mol. The van der Waals surface area contributed by atoms with E-state index in [9.17, 15) is 5.11 Å². The number of quaternary nitrogens is 1. The summed E-state index contributed by atoms with van der Waals surface area (Å²) < 4.78 is 5.78. The normalized spacial score (nSPS) is 18.5. The van der Waals surface area contributed by atoms with Gasteiger partial charge < -0.3 is 14.7 Å². The smallest absolute Gasteiger partial charge is 0.137 e. The Hall–Kier alpha value is -1.84. The largest absolute Gasteiger partial charge is 0.491 e. The standard InChI is InChI=1S/C22H29NO2/c1-22(2,3)19-8-10-21(11-9-19)25-16-20(24)15-23-13-12-17-6-4-5-7-18(17)14-23/h4-11,20,24H,12-16H2,1-3H3/p+1/t20-/m1/s1. The minimum absolute atomic E-state index is 0.145. The molecule has 25 heavy (non-hydrogen) atoms. The van der Waals surface area contributed by atoms with E-state index in [1.807, 2.05) is 12.1 Å². The molecule has 2 atom stereocenters. The van der Waals surface area contributed by atoms with Crippen molar-refractivity contribution < 1.29 is 14.7 Å². The average molecular weight is 340 g/mol. The van der Waals surface area contributed by atoms with Crippen LogP contribution in [0, 0.1) is 0 Å². The Kier molecular flexibility index (Phi) is 5.45. The van der Waals surface area contributed by atoms with Gasteiger partial charge in [0.25, 0.3) is 0 Å². The Labute approximate surface area is 151 Å². The van der Waals surface area contributed by atoms with E-state index < -0.39 is 6.10 Å². The fraction of sp³-hybridized carbons (Fsp3) is 0.455. The molecule has 0 aliphatic carbocycles. The van der Waals surface area contributed by atoms with Crippen LogP contribution < -0.4 is 9.64 Å². The Morgan fingerprint density at radius 1 is 1.04 bits per heavy atom. The van der Waals surface area contributed by atoms with Gasteiger partial charge in [-0.3, -0.25) is 0 Å². The summed E-state index contributed by atoms with van der Waals surface area (Å²) in [7, 11) is 0. The number of fused-ring (bicyclic) bond motifs is 1. The van der Waals surface area contributed by atoms with E-state index in [-0.39, 0.29) is 5.41 Å². The minimum Gasteiger partial charge on any atom is -0.491 e. The zero-order chi connectivity index (χ0) is 17.9. The number of rotatable bonds is 5. The van der Waals surface area contributed by atoms with Gasteiger partial charge in [0, 0.05) is 12.0 Å². The van der Waals surface area contributed by atoms with Gasteiger partial charge in [0.05, 0.1) is 6.54 Å². The molecule has 1 heterocycles. The predicted molar refractivity (Wildman–Crippen MR) is 101 cm³/mol. The second-order valence-corrected chi connectivity index (χ2v) is 8.14. The van der Waals surface area contributed by atoms with Crippen molar-refractivity contribution in [3.63, 3.8) is 0 Å². The molecule has 0 radical (unpaired) electrons. The van der Waals surface area contributed by atoms with Crippen LogP contribution in [0.2, 0.25) is 0 Å². The van der Waals surface area contributed by atoms with Crippen LogP contribution in [0.4, 0.5) is 0 Å². The highest BCUT2D eigenvalue weighted by Gasteiger charge is 2.22. The quantitative estimate of drug-likeness (QED) is 0.876. The molecule has 3 nitrogen and oxygen atoms in total. The van der Waals surface area contributed by atoms with Crippen LogP contribution in [0.15, 0.2) is 48.5 Å². The van der Waals surface area contributed by atoms with Crippen LogP contribution in [0.3, 0.4) is 0 Å². The van der Waals surface area contributed by atoms with Crippen molar-refractivity contribution in [2.45, 2.75) is 45.3 Å². The number of hydrogen-bond acceptors (Lipinski definition) is 2. The molecule has 0 aromatic heterocycles.